The van der Waals surface area contributed by atoms with Crippen molar-refractivity contribution in [1.82, 2.24) is 9.55 Å². The molecule has 1 aromatic heterocycles. The number of nitrogens with zero attached hydrogens (tertiary/aromatic N) is 2. The second-order valence-corrected chi connectivity index (χ2v) is 5.18. The van der Waals surface area contributed by atoms with Gasteiger partial charge in [-0.3, -0.25) is 0 Å². The fraction of sp³-hybridized carbons (Fsp3) is 0.125. The van der Waals surface area contributed by atoms with Crippen molar-refractivity contribution < 1.29 is 0 Å². The first-order valence-corrected chi connectivity index (χ1v) is 6.77. The Hall–Kier alpha value is -2.38. The van der Waals surface area contributed by atoms with Gasteiger partial charge in [0.15, 0.2) is 4.77 Å². The van der Waals surface area contributed by atoms with Crippen LogP contribution < -0.4 is 0 Å². The number of benzene rings is 2. The van der Waals surface area contributed by atoms with Crippen LogP contribution >= 0.6 is 12.2 Å². The molecular weight excluding hydrogens is 266 g/mol. The van der Waals surface area contributed by atoms with Gasteiger partial charge >= 0.3 is 0 Å². The summed E-state index contributed by atoms with van der Waals surface area (Å²) in [6.45, 7) is 2.73. The zero-order valence-corrected chi connectivity index (χ0v) is 11.9. The van der Waals surface area contributed by atoms with Crippen molar-refractivity contribution in [3.63, 3.8) is 0 Å². The van der Waals surface area contributed by atoms with Crippen molar-refractivity contribution in [2.75, 3.05) is 0 Å². The lowest BCUT2D eigenvalue weighted by molar-refractivity contribution is 0.810. The maximum Gasteiger partial charge on any atom is 0.178 e. The molecule has 0 radical (unpaired) electrons. The van der Waals surface area contributed by atoms with E-state index in [4.69, 9.17) is 17.5 Å². The Morgan fingerprint density at radius 2 is 2.05 bits per heavy atom. The minimum atomic E-state index is 0.664. The average Bonchev–Trinajstić information content (AvgIpc) is 2.78. The van der Waals surface area contributed by atoms with Crippen molar-refractivity contribution in [1.29, 1.82) is 5.26 Å². The first-order valence-electron chi connectivity index (χ1n) is 6.36. The van der Waals surface area contributed by atoms with Crippen LogP contribution in [-0.4, -0.2) is 9.55 Å². The number of imidazole rings is 1. The molecule has 1 N–H and O–H groups in total. The predicted molar refractivity (Wildman–Crippen MR) is 82.1 cm³/mol. The molecule has 0 saturated heterocycles. The Kier molecular flexibility index (Phi) is 3.13. The van der Waals surface area contributed by atoms with Gasteiger partial charge in [-0.25, -0.2) is 0 Å². The first kappa shape index (κ1) is 12.6. The molecule has 0 saturated carbocycles. The number of nitriles is 1. The van der Waals surface area contributed by atoms with Crippen LogP contribution in [0.15, 0.2) is 42.5 Å². The summed E-state index contributed by atoms with van der Waals surface area (Å²) in [5.74, 6) is 0. The topological polar surface area (TPSA) is 44.5 Å². The molecule has 20 heavy (non-hydrogen) atoms. The highest BCUT2D eigenvalue weighted by atomic mass is 32.1. The lowest BCUT2D eigenvalue weighted by Crippen LogP contribution is -1.99. The Balaban J connectivity index is 2.11. The Bertz CT molecular complexity index is 881. The highest BCUT2D eigenvalue weighted by Gasteiger charge is 2.07. The van der Waals surface area contributed by atoms with E-state index >= 15 is 0 Å². The third-order valence-electron chi connectivity index (χ3n) is 3.42. The molecule has 0 bridgehead atoms. The molecule has 0 unspecified atom stereocenters. The highest BCUT2D eigenvalue weighted by molar-refractivity contribution is 7.71. The summed E-state index contributed by atoms with van der Waals surface area (Å²) in [5.41, 5.74) is 5.09. The molecule has 0 aliphatic rings. The number of fused-ring (bicyclic) bond motifs is 1. The standard InChI is InChI=1S/C16H13N3S/c1-11-4-2-7-14-15(11)18-16(20)19(14)10-13-6-3-5-12(8-13)9-17/h2-8H,10H2,1H3,(H,18,20). The molecule has 0 amide bonds. The summed E-state index contributed by atoms with van der Waals surface area (Å²) in [6.07, 6.45) is 0. The van der Waals surface area contributed by atoms with Gasteiger partial charge in [0.2, 0.25) is 0 Å². The van der Waals surface area contributed by atoms with E-state index < -0.39 is 0 Å². The summed E-state index contributed by atoms with van der Waals surface area (Å²) in [5, 5.41) is 8.97. The quantitative estimate of drug-likeness (QED) is 0.722. The van der Waals surface area contributed by atoms with Crippen molar-refractivity contribution in [3.8, 4) is 6.07 Å². The predicted octanol–water partition coefficient (Wildman–Crippen LogP) is 3.93. The molecule has 3 nitrogen and oxygen atoms in total. The number of para-hydroxylation sites is 1. The van der Waals surface area contributed by atoms with E-state index in [2.05, 4.69) is 34.7 Å². The molecule has 0 fully saturated rings. The van der Waals surface area contributed by atoms with E-state index in [1.54, 1.807) is 0 Å². The van der Waals surface area contributed by atoms with Crippen LogP contribution in [0.3, 0.4) is 0 Å². The third-order valence-corrected chi connectivity index (χ3v) is 3.74. The summed E-state index contributed by atoms with van der Waals surface area (Å²) < 4.78 is 2.77. The van der Waals surface area contributed by atoms with Crippen molar-refractivity contribution >= 4 is 23.3 Å². The fourth-order valence-electron chi connectivity index (χ4n) is 2.40. The van der Waals surface area contributed by atoms with Gasteiger partial charge in [0.25, 0.3) is 0 Å². The van der Waals surface area contributed by atoms with Gasteiger partial charge in [0.1, 0.15) is 0 Å². The van der Waals surface area contributed by atoms with E-state index in [1.165, 1.54) is 5.56 Å². The average molecular weight is 279 g/mol. The van der Waals surface area contributed by atoms with Gasteiger partial charge in [0, 0.05) is 0 Å². The zero-order valence-electron chi connectivity index (χ0n) is 11.1. The third kappa shape index (κ3) is 2.13. The van der Waals surface area contributed by atoms with Crippen molar-refractivity contribution in [2.24, 2.45) is 0 Å². The van der Waals surface area contributed by atoms with Crippen LogP contribution in [0.4, 0.5) is 0 Å². The fourth-order valence-corrected chi connectivity index (χ4v) is 2.67. The van der Waals surface area contributed by atoms with Crippen LogP contribution in [0.25, 0.3) is 11.0 Å². The minimum Gasteiger partial charge on any atom is -0.330 e. The van der Waals surface area contributed by atoms with E-state index in [1.807, 2.05) is 30.3 Å². The molecule has 0 aliphatic carbocycles. The molecular formula is C16H13N3S. The van der Waals surface area contributed by atoms with Crippen LogP contribution in [-0.2, 0) is 6.54 Å². The number of aromatic nitrogens is 2. The molecule has 0 atom stereocenters. The molecule has 3 aromatic rings. The van der Waals surface area contributed by atoms with E-state index in [0.29, 0.717) is 16.9 Å². The summed E-state index contributed by atoms with van der Waals surface area (Å²) >= 11 is 5.42. The van der Waals surface area contributed by atoms with E-state index in [0.717, 1.165) is 16.6 Å². The smallest absolute Gasteiger partial charge is 0.178 e. The Morgan fingerprint density at radius 3 is 2.85 bits per heavy atom. The van der Waals surface area contributed by atoms with Gasteiger partial charge in [-0.2, -0.15) is 5.26 Å². The van der Waals surface area contributed by atoms with Crippen molar-refractivity contribution in [2.45, 2.75) is 13.5 Å². The van der Waals surface area contributed by atoms with Crippen LogP contribution in [0.2, 0.25) is 0 Å². The summed E-state index contributed by atoms with van der Waals surface area (Å²) in [4.78, 5) is 3.26. The number of rotatable bonds is 2. The number of nitrogens with one attached hydrogen (secondary N) is 1. The normalized spacial score (nSPS) is 10.6. The van der Waals surface area contributed by atoms with E-state index in [-0.39, 0.29) is 0 Å². The number of H-pyrrole nitrogens is 1. The van der Waals surface area contributed by atoms with Crippen molar-refractivity contribution in [3.05, 3.63) is 63.9 Å². The second kappa shape index (κ2) is 4.95. The van der Waals surface area contributed by atoms with E-state index in [9.17, 15) is 0 Å². The van der Waals surface area contributed by atoms with Gasteiger partial charge in [0.05, 0.1) is 29.2 Å². The van der Waals surface area contributed by atoms with Gasteiger partial charge < -0.3 is 9.55 Å². The van der Waals surface area contributed by atoms with Gasteiger partial charge in [-0.1, -0.05) is 24.3 Å². The molecule has 0 aliphatic heterocycles. The molecule has 4 heteroatoms. The molecule has 2 aromatic carbocycles. The Labute approximate surface area is 122 Å². The monoisotopic (exact) mass is 279 g/mol. The lowest BCUT2D eigenvalue weighted by atomic mass is 10.1. The SMILES string of the molecule is Cc1cccc2c1[nH]c(=S)n2Cc1cccc(C#N)c1. The number of hydrogen-bond acceptors (Lipinski definition) is 2. The number of hydrogen-bond donors (Lipinski definition) is 1. The number of aryl methyl sites for hydroxylation is 1. The minimum absolute atomic E-state index is 0.664. The highest BCUT2D eigenvalue weighted by Crippen LogP contribution is 2.19. The lowest BCUT2D eigenvalue weighted by Gasteiger charge is -2.05. The van der Waals surface area contributed by atoms with Gasteiger partial charge in [-0.05, 0) is 48.5 Å². The molecule has 0 spiro atoms. The van der Waals surface area contributed by atoms with Gasteiger partial charge in [-0.15, -0.1) is 0 Å². The largest absolute Gasteiger partial charge is 0.330 e. The molecule has 3 rings (SSSR count). The maximum atomic E-state index is 8.97. The van der Waals surface area contributed by atoms with Crippen LogP contribution in [0, 0.1) is 23.0 Å². The Morgan fingerprint density at radius 1 is 1.25 bits per heavy atom. The molecule has 1 heterocycles. The summed E-state index contributed by atoms with van der Waals surface area (Å²) in [6, 6.07) is 15.9. The first-order chi connectivity index (χ1) is 9.69. The number of aromatic amines is 1. The second-order valence-electron chi connectivity index (χ2n) is 4.80. The zero-order chi connectivity index (χ0) is 14.1. The maximum absolute atomic E-state index is 8.97. The molecule has 98 valence electrons. The van der Waals surface area contributed by atoms with Crippen LogP contribution in [0.5, 0.6) is 0 Å². The summed E-state index contributed by atoms with van der Waals surface area (Å²) in [7, 11) is 0. The van der Waals surface area contributed by atoms with Crippen LogP contribution in [0.1, 0.15) is 16.7 Å².